The average molecular weight is 269 g/mol. The summed E-state index contributed by atoms with van der Waals surface area (Å²) in [6.45, 7) is 3.04. The van der Waals surface area contributed by atoms with Gasteiger partial charge in [-0.05, 0) is 37.5 Å². The summed E-state index contributed by atoms with van der Waals surface area (Å²) >= 11 is 0. The molecule has 0 amide bonds. The van der Waals surface area contributed by atoms with Crippen molar-refractivity contribution < 1.29 is 8.42 Å². The zero-order valence-corrected chi connectivity index (χ0v) is 11.3. The van der Waals surface area contributed by atoms with Crippen molar-refractivity contribution in [1.29, 1.82) is 0 Å². The molecule has 0 radical (unpaired) electrons. The van der Waals surface area contributed by atoms with Crippen LogP contribution in [0.2, 0.25) is 0 Å². The van der Waals surface area contributed by atoms with Gasteiger partial charge >= 0.3 is 0 Å². The highest BCUT2D eigenvalue weighted by Crippen LogP contribution is 2.18. The lowest BCUT2D eigenvalue weighted by atomic mass is 10.1. The Morgan fingerprint density at radius 2 is 2.00 bits per heavy atom. The van der Waals surface area contributed by atoms with Crippen LogP contribution in [0.15, 0.2) is 24.3 Å². The van der Waals surface area contributed by atoms with Crippen molar-refractivity contribution in [2.45, 2.75) is 25.8 Å². The smallest absolute Gasteiger partial charge is 0.279 e. The third kappa shape index (κ3) is 3.01. The van der Waals surface area contributed by atoms with Gasteiger partial charge in [0.25, 0.3) is 10.2 Å². The lowest BCUT2D eigenvalue weighted by Crippen LogP contribution is -2.40. The van der Waals surface area contributed by atoms with E-state index in [9.17, 15) is 8.42 Å². The molecule has 1 saturated heterocycles. The first-order chi connectivity index (χ1) is 8.49. The minimum Gasteiger partial charge on any atom is -0.399 e. The lowest BCUT2D eigenvalue weighted by molar-refractivity contribution is 0.457. The van der Waals surface area contributed by atoms with Crippen LogP contribution in [0.5, 0.6) is 0 Å². The van der Waals surface area contributed by atoms with E-state index in [1.165, 1.54) is 4.31 Å². The Kier molecular flexibility index (Phi) is 3.89. The molecule has 0 aliphatic carbocycles. The van der Waals surface area contributed by atoms with Crippen molar-refractivity contribution in [3.63, 3.8) is 0 Å². The van der Waals surface area contributed by atoms with Crippen LogP contribution >= 0.6 is 0 Å². The zero-order valence-electron chi connectivity index (χ0n) is 10.5. The molecule has 1 unspecified atom stereocenters. The lowest BCUT2D eigenvalue weighted by Gasteiger charge is -2.20. The van der Waals surface area contributed by atoms with Crippen LogP contribution in [0.3, 0.4) is 0 Å². The predicted molar refractivity (Wildman–Crippen MR) is 72.1 cm³/mol. The second-order valence-electron chi connectivity index (χ2n) is 4.62. The molecule has 1 aromatic carbocycles. The Bertz CT molecular complexity index is 510. The fourth-order valence-corrected chi connectivity index (χ4v) is 3.59. The van der Waals surface area contributed by atoms with Crippen LogP contribution in [-0.4, -0.2) is 25.8 Å². The number of nitrogens with one attached hydrogen (secondary N) is 1. The van der Waals surface area contributed by atoms with E-state index >= 15 is 0 Å². The molecule has 18 heavy (non-hydrogen) atoms. The van der Waals surface area contributed by atoms with E-state index in [1.807, 2.05) is 19.1 Å². The minimum absolute atomic E-state index is 0.279. The molecule has 0 bridgehead atoms. The van der Waals surface area contributed by atoms with E-state index in [0.717, 1.165) is 18.4 Å². The van der Waals surface area contributed by atoms with E-state index in [1.54, 1.807) is 12.1 Å². The quantitative estimate of drug-likeness (QED) is 0.808. The summed E-state index contributed by atoms with van der Waals surface area (Å²) in [5.41, 5.74) is 7.21. The van der Waals surface area contributed by atoms with Gasteiger partial charge < -0.3 is 5.73 Å². The number of nitrogen functional groups attached to an aromatic ring is 1. The van der Waals surface area contributed by atoms with E-state index < -0.39 is 10.2 Å². The number of hydrogen-bond donors (Lipinski definition) is 2. The van der Waals surface area contributed by atoms with Gasteiger partial charge in [0.15, 0.2) is 0 Å². The van der Waals surface area contributed by atoms with Crippen molar-refractivity contribution in [1.82, 2.24) is 9.03 Å². The predicted octanol–water partition coefficient (Wildman–Crippen LogP) is 1.26. The highest BCUT2D eigenvalue weighted by molar-refractivity contribution is 7.87. The third-order valence-electron chi connectivity index (χ3n) is 3.14. The van der Waals surface area contributed by atoms with Crippen LogP contribution in [0.4, 0.5) is 5.69 Å². The fourth-order valence-electron chi connectivity index (χ4n) is 2.12. The molecule has 100 valence electrons. The SMILES string of the molecule is CC(NS(=O)(=O)N1CCCC1)c1cccc(N)c1. The molecule has 6 heteroatoms. The Morgan fingerprint density at radius 1 is 1.33 bits per heavy atom. The number of hydrogen-bond acceptors (Lipinski definition) is 3. The standard InChI is InChI=1S/C12H19N3O2S/c1-10(11-5-4-6-12(13)9-11)14-18(16,17)15-7-2-3-8-15/h4-6,9-10,14H,2-3,7-8,13H2,1H3. The van der Waals surface area contributed by atoms with Gasteiger partial charge in [-0.1, -0.05) is 12.1 Å². The van der Waals surface area contributed by atoms with Gasteiger partial charge in [-0.2, -0.15) is 17.4 Å². The second-order valence-corrected chi connectivity index (χ2v) is 6.32. The molecular weight excluding hydrogens is 250 g/mol. The molecule has 0 saturated carbocycles. The van der Waals surface area contributed by atoms with Gasteiger partial charge in [-0.15, -0.1) is 0 Å². The maximum atomic E-state index is 12.1. The van der Waals surface area contributed by atoms with Crippen LogP contribution in [0.1, 0.15) is 31.4 Å². The molecule has 0 spiro atoms. The van der Waals surface area contributed by atoms with Crippen LogP contribution in [-0.2, 0) is 10.2 Å². The maximum absolute atomic E-state index is 12.1. The molecule has 1 atom stereocenters. The fraction of sp³-hybridized carbons (Fsp3) is 0.500. The molecule has 0 aromatic heterocycles. The summed E-state index contributed by atoms with van der Waals surface area (Å²) < 4.78 is 28.4. The summed E-state index contributed by atoms with van der Waals surface area (Å²) in [5, 5.41) is 0. The maximum Gasteiger partial charge on any atom is 0.279 e. The van der Waals surface area contributed by atoms with Crippen molar-refractivity contribution in [2.75, 3.05) is 18.8 Å². The number of nitrogens with two attached hydrogens (primary N) is 1. The molecule has 1 heterocycles. The average Bonchev–Trinajstić information content (AvgIpc) is 2.82. The third-order valence-corrected chi connectivity index (χ3v) is 4.84. The van der Waals surface area contributed by atoms with Crippen molar-refractivity contribution in [3.05, 3.63) is 29.8 Å². The number of benzene rings is 1. The molecule has 5 nitrogen and oxygen atoms in total. The summed E-state index contributed by atoms with van der Waals surface area (Å²) in [7, 11) is -3.38. The Labute approximate surface area is 108 Å². The molecule has 2 rings (SSSR count). The molecular formula is C12H19N3O2S. The van der Waals surface area contributed by atoms with Crippen molar-refractivity contribution in [3.8, 4) is 0 Å². The largest absolute Gasteiger partial charge is 0.399 e. The zero-order chi connectivity index (χ0) is 13.2. The van der Waals surface area contributed by atoms with E-state index in [4.69, 9.17) is 5.73 Å². The molecule has 1 aliphatic rings. The molecule has 1 aromatic rings. The Hall–Kier alpha value is -1.11. The van der Waals surface area contributed by atoms with E-state index in [0.29, 0.717) is 18.8 Å². The Balaban J connectivity index is 2.09. The number of rotatable bonds is 4. The van der Waals surface area contributed by atoms with E-state index in [2.05, 4.69) is 4.72 Å². The normalized spacial score (nSPS) is 18.9. The summed E-state index contributed by atoms with van der Waals surface area (Å²) in [6.07, 6.45) is 1.88. The minimum atomic E-state index is -3.38. The van der Waals surface area contributed by atoms with Gasteiger partial charge in [0.1, 0.15) is 0 Å². The van der Waals surface area contributed by atoms with Gasteiger partial charge in [0.05, 0.1) is 0 Å². The number of nitrogens with zero attached hydrogens (tertiary/aromatic N) is 1. The van der Waals surface area contributed by atoms with Gasteiger partial charge in [-0.25, -0.2) is 0 Å². The van der Waals surface area contributed by atoms with Crippen LogP contribution < -0.4 is 10.5 Å². The van der Waals surface area contributed by atoms with Crippen LogP contribution in [0, 0.1) is 0 Å². The highest BCUT2D eigenvalue weighted by Gasteiger charge is 2.26. The highest BCUT2D eigenvalue weighted by atomic mass is 32.2. The first kappa shape index (κ1) is 13.3. The van der Waals surface area contributed by atoms with Crippen molar-refractivity contribution >= 4 is 15.9 Å². The first-order valence-electron chi connectivity index (χ1n) is 6.12. The van der Waals surface area contributed by atoms with Gasteiger partial charge in [0, 0.05) is 24.8 Å². The van der Waals surface area contributed by atoms with Gasteiger partial charge in [-0.3, -0.25) is 0 Å². The monoisotopic (exact) mass is 269 g/mol. The van der Waals surface area contributed by atoms with Crippen molar-refractivity contribution in [2.24, 2.45) is 0 Å². The second kappa shape index (κ2) is 5.26. The summed E-state index contributed by atoms with van der Waals surface area (Å²) in [6, 6.07) is 6.99. The molecule has 1 fully saturated rings. The number of anilines is 1. The van der Waals surface area contributed by atoms with Gasteiger partial charge in [0.2, 0.25) is 0 Å². The Morgan fingerprint density at radius 3 is 2.61 bits per heavy atom. The summed E-state index contributed by atoms with van der Waals surface area (Å²) in [4.78, 5) is 0. The summed E-state index contributed by atoms with van der Waals surface area (Å²) in [5.74, 6) is 0. The molecule has 1 aliphatic heterocycles. The van der Waals surface area contributed by atoms with E-state index in [-0.39, 0.29) is 6.04 Å². The topological polar surface area (TPSA) is 75.4 Å². The van der Waals surface area contributed by atoms with Crippen LogP contribution in [0.25, 0.3) is 0 Å². The first-order valence-corrected chi connectivity index (χ1v) is 7.56. The molecule has 3 N–H and O–H groups in total.